The Morgan fingerprint density at radius 2 is 1.57 bits per heavy atom. The average molecular weight is 100 g/mol. The third-order valence-electron chi connectivity index (χ3n) is 0.678. The van der Waals surface area contributed by atoms with Gasteiger partial charge in [0.25, 0.3) is 0 Å². The molecule has 0 aliphatic carbocycles. The highest BCUT2D eigenvalue weighted by Crippen LogP contribution is 1.75. The number of hydrogen-bond donors (Lipinski definition) is 0. The molecule has 0 aromatic rings. The van der Waals surface area contributed by atoms with E-state index in [-0.39, 0.29) is 6.67 Å². The van der Waals surface area contributed by atoms with Crippen molar-refractivity contribution in [3.63, 3.8) is 0 Å². The van der Waals surface area contributed by atoms with Gasteiger partial charge in [0.1, 0.15) is 0 Å². The zero-order valence-electron chi connectivity index (χ0n) is 3.57. The third kappa shape index (κ3) is 0.677. The van der Waals surface area contributed by atoms with Crippen LogP contribution in [0.3, 0.4) is 0 Å². The van der Waals surface area contributed by atoms with E-state index in [4.69, 9.17) is 0 Å². The van der Waals surface area contributed by atoms with Crippen molar-refractivity contribution in [3.8, 4) is 0 Å². The summed E-state index contributed by atoms with van der Waals surface area (Å²) >= 11 is 0. The Hall–Kier alpha value is -1.06. The lowest BCUT2D eigenvalue weighted by molar-refractivity contribution is -0.650. The van der Waals surface area contributed by atoms with E-state index < -0.39 is 0 Å². The minimum absolute atomic E-state index is 0.0833. The summed E-state index contributed by atoms with van der Waals surface area (Å²) in [5, 5.41) is 20.1. The van der Waals surface area contributed by atoms with Crippen molar-refractivity contribution in [1.82, 2.24) is 0 Å². The molecule has 1 aliphatic heterocycles. The van der Waals surface area contributed by atoms with Crippen LogP contribution in [-0.2, 0) is 0 Å². The molecule has 0 unspecified atom stereocenters. The highest BCUT2D eigenvalue weighted by atomic mass is 16.5. The van der Waals surface area contributed by atoms with Crippen LogP contribution in [0.1, 0.15) is 0 Å². The van der Waals surface area contributed by atoms with Gasteiger partial charge in [0.05, 0.1) is 0 Å². The van der Waals surface area contributed by atoms with Crippen molar-refractivity contribution in [3.05, 3.63) is 10.4 Å². The van der Waals surface area contributed by atoms with Gasteiger partial charge in [0, 0.05) is 0 Å². The van der Waals surface area contributed by atoms with Gasteiger partial charge in [0.15, 0.2) is 0 Å². The molecule has 0 saturated carbocycles. The van der Waals surface area contributed by atoms with Crippen LogP contribution >= 0.6 is 0 Å². The van der Waals surface area contributed by atoms with Gasteiger partial charge in [-0.2, -0.15) is 0 Å². The molecule has 1 aliphatic rings. The molecule has 0 radical (unpaired) electrons. The Morgan fingerprint density at radius 3 is 1.71 bits per heavy atom. The Balaban J connectivity index is 2.61. The molecule has 4 nitrogen and oxygen atoms in total. The molecule has 0 bridgehead atoms. The standard InChI is InChI=1S/C3H4N2O2/c6-4-1-2-5(7)3-4/h1-2H,3H2. The molecule has 0 aromatic carbocycles. The molecule has 0 fully saturated rings. The lowest BCUT2D eigenvalue weighted by atomic mass is 10.8. The van der Waals surface area contributed by atoms with Gasteiger partial charge in [0.2, 0.25) is 12.4 Å². The lowest BCUT2D eigenvalue weighted by Crippen LogP contribution is -2.07. The van der Waals surface area contributed by atoms with Crippen molar-refractivity contribution in [2.24, 2.45) is 0 Å². The minimum Gasteiger partial charge on any atom is -0.619 e. The topological polar surface area (TPSA) is 52.1 Å². The van der Waals surface area contributed by atoms with Crippen LogP contribution in [0.5, 0.6) is 0 Å². The van der Waals surface area contributed by atoms with E-state index in [9.17, 15) is 10.4 Å². The monoisotopic (exact) mass is 100 g/mol. The van der Waals surface area contributed by atoms with Gasteiger partial charge in [-0.25, -0.2) is 0 Å². The maximum atomic E-state index is 10.0. The maximum Gasteiger partial charge on any atom is 0.354 e. The average Bonchev–Trinajstić information content (AvgIpc) is 1.87. The first-order valence-electron chi connectivity index (χ1n) is 1.85. The molecule has 0 aromatic heterocycles. The fourth-order valence-electron chi connectivity index (χ4n) is 0.380. The van der Waals surface area contributed by atoms with E-state index in [2.05, 4.69) is 0 Å². The molecular formula is C3H4N2O2. The minimum atomic E-state index is -0.0833. The van der Waals surface area contributed by atoms with Crippen LogP contribution in [0.25, 0.3) is 0 Å². The first-order chi connectivity index (χ1) is 3.29. The Kier molecular flexibility index (Phi) is 0.714. The van der Waals surface area contributed by atoms with Crippen molar-refractivity contribution >= 4 is 12.4 Å². The summed E-state index contributed by atoms with van der Waals surface area (Å²) in [6, 6.07) is 0. The molecule has 1 rings (SSSR count). The van der Waals surface area contributed by atoms with Crippen LogP contribution in [0.2, 0.25) is 0 Å². The summed E-state index contributed by atoms with van der Waals surface area (Å²) < 4.78 is 1.12. The van der Waals surface area contributed by atoms with Gasteiger partial charge in [-0.05, 0) is 0 Å². The fourth-order valence-corrected chi connectivity index (χ4v) is 0.380. The summed E-state index contributed by atoms with van der Waals surface area (Å²) in [4.78, 5) is 0. The second kappa shape index (κ2) is 1.22. The second-order valence-corrected chi connectivity index (χ2v) is 1.27. The smallest absolute Gasteiger partial charge is 0.354 e. The van der Waals surface area contributed by atoms with Gasteiger partial charge in [-0.1, -0.05) is 0 Å². The van der Waals surface area contributed by atoms with E-state index in [0.717, 1.165) is 0 Å². The van der Waals surface area contributed by atoms with E-state index in [1.54, 1.807) is 0 Å². The number of hydrogen-bond acceptors (Lipinski definition) is 2. The predicted molar refractivity (Wildman–Crippen MR) is 24.2 cm³/mol. The van der Waals surface area contributed by atoms with Crippen molar-refractivity contribution in [1.29, 1.82) is 0 Å². The van der Waals surface area contributed by atoms with Crippen LogP contribution in [0.4, 0.5) is 0 Å². The van der Waals surface area contributed by atoms with Crippen molar-refractivity contribution in [2.45, 2.75) is 0 Å². The zero-order chi connectivity index (χ0) is 5.28. The summed E-state index contributed by atoms with van der Waals surface area (Å²) in [5.41, 5.74) is 0. The SMILES string of the molecule is [O-][N+]1=CC=[N+]([O-])C1. The quantitative estimate of drug-likeness (QED) is 0.293. The molecule has 0 spiro atoms. The second-order valence-electron chi connectivity index (χ2n) is 1.27. The number of hydroxylamine groups is 2. The molecule has 7 heavy (non-hydrogen) atoms. The third-order valence-corrected chi connectivity index (χ3v) is 0.678. The Morgan fingerprint density at radius 1 is 1.14 bits per heavy atom. The summed E-state index contributed by atoms with van der Waals surface area (Å²) in [5.74, 6) is 0. The lowest BCUT2D eigenvalue weighted by Gasteiger charge is -1.93. The molecule has 38 valence electrons. The molecule has 1 heterocycles. The zero-order valence-corrected chi connectivity index (χ0v) is 3.57. The predicted octanol–water partition coefficient (Wildman–Crippen LogP) is -0.880. The van der Waals surface area contributed by atoms with Gasteiger partial charge < -0.3 is 10.4 Å². The molecule has 0 N–H and O–H groups in total. The largest absolute Gasteiger partial charge is 0.619 e. The Bertz CT molecular complexity index is 122. The van der Waals surface area contributed by atoms with Gasteiger partial charge >= 0.3 is 6.67 Å². The summed E-state index contributed by atoms with van der Waals surface area (Å²) in [6.07, 6.45) is 2.38. The molecule has 0 atom stereocenters. The van der Waals surface area contributed by atoms with E-state index in [1.165, 1.54) is 12.4 Å². The molecular weight excluding hydrogens is 96.0 g/mol. The van der Waals surface area contributed by atoms with Crippen LogP contribution in [0.15, 0.2) is 0 Å². The summed E-state index contributed by atoms with van der Waals surface area (Å²) in [6.45, 7) is -0.0833. The van der Waals surface area contributed by atoms with E-state index in [0.29, 0.717) is 9.48 Å². The van der Waals surface area contributed by atoms with E-state index >= 15 is 0 Å². The van der Waals surface area contributed by atoms with Crippen LogP contribution in [-0.4, -0.2) is 28.6 Å². The molecule has 0 saturated heterocycles. The first-order valence-corrected chi connectivity index (χ1v) is 1.85. The summed E-state index contributed by atoms with van der Waals surface area (Å²) in [7, 11) is 0. The van der Waals surface area contributed by atoms with Crippen molar-refractivity contribution in [2.75, 3.05) is 6.67 Å². The normalized spacial score (nSPS) is 18.9. The number of rotatable bonds is 0. The fraction of sp³-hybridized carbons (Fsp3) is 0.333. The van der Waals surface area contributed by atoms with E-state index in [1.807, 2.05) is 0 Å². The van der Waals surface area contributed by atoms with Gasteiger partial charge in [-0.15, -0.1) is 9.48 Å². The van der Waals surface area contributed by atoms with Crippen molar-refractivity contribution < 1.29 is 9.48 Å². The van der Waals surface area contributed by atoms with Crippen LogP contribution < -0.4 is 0 Å². The highest BCUT2D eigenvalue weighted by Gasteiger charge is 2.05. The first kappa shape index (κ1) is 4.11. The maximum absolute atomic E-state index is 10.0. The molecule has 4 heteroatoms. The Labute approximate surface area is 40.2 Å². The highest BCUT2D eigenvalue weighted by molar-refractivity contribution is 6.11. The number of nitrogens with zero attached hydrogens (tertiary/aromatic N) is 2. The van der Waals surface area contributed by atoms with Crippen LogP contribution in [0, 0.1) is 10.4 Å². The van der Waals surface area contributed by atoms with Gasteiger partial charge in [-0.3, -0.25) is 0 Å². The molecule has 0 amide bonds.